The Labute approximate surface area is 237 Å². The highest BCUT2D eigenvalue weighted by Gasteiger charge is 2.37. The van der Waals surface area contributed by atoms with Crippen LogP contribution in [0.3, 0.4) is 0 Å². The van der Waals surface area contributed by atoms with Crippen molar-refractivity contribution in [2.75, 3.05) is 5.32 Å². The lowest BCUT2D eigenvalue weighted by molar-refractivity contribution is -0.145. The predicted molar refractivity (Wildman–Crippen MR) is 141 cm³/mol. The highest BCUT2D eigenvalue weighted by Crippen LogP contribution is 2.28. The molecule has 3 heterocycles. The van der Waals surface area contributed by atoms with Crippen LogP contribution in [-0.2, 0) is 12.7 Å². The van der Waals surface area contributed by atoms with Gasteiger partial charge in [-0.3, -0.25) is 9.59 Å². The molecule has 0 atom stereocenters. The molecule has 2 amide bonds. The van der Waals surface area contributed by atoms with E-state index in [4.69, 9.17) is 11.6 Å². The molecular formula is C23H18ClF3IN9O2. The molecule has 1 saturated carbocycles. The van der Waals surface area contributed by atoms with Crippen molar-refractivity contribution in [3.8, 4) is 5.82 Å². The largest absolute Gasteiger partial charge is 0.455 e. The molecule has 0 aliphatic heterocycles. The Morgan fingerprint density at radius 2 is 1.95 bits per heavy atom. The van der Waals surface area contributed by atoms with Gasteiger partial charge in [0.05, 0.1) is 22.0 Å². The second kappa shape index (κ2) is 10.5. The van der Waals surface area contributed by atoms with Crippen LogP contribution in [0.1, 0.15) is 50.8 Å². The van der Waals surface area contributed by atoms with Gasteiger partial charge in [0.1, 0.15) is 12.2 Å². The van der Waals surface area contributed by atoms with Crippen LogP contribution >= 0.6 is 34.2 Å². The lowest BCUT2D eigenvalue weighted by Crippen LogP contribution is -2.28. The van der Waals surface area contributed by atoms with E-state index in [2.05, 4.69) is 58.7 Å². The molecule has 1 aliphatic rings. The molecule has 2 N–H and O–H groups in total. The van der Waals surface area contributed by atoms with Crippen LogP contribution in [-0.4, -0.2) is 52.8 Å². The van der Waals surface area contributed by atoms with E-state index in [0.717, 1.165) is 16.4 Å². The zero-order chi connectivity index (χ0) is 27.9. The van der Waals surface area contributed by atoms with Crippen molar-refractivity contribution in [1.82, 2.24) is 40.3 Å². The van der Waals surface area contributed by atoms with Gasteiger partial charge in [-0.1, -0.05) is 11.6 Å². The van der Waals surface area contributed by atoms with Crippen LogP contribution in [0.2, 0.25) is 5.02 Å². The Morgan fingerprint density at radius 1 is 1.18 bits per heavy atom. The number of alkyl halides is 3. The summed E-state index contributed by atoms with van der Waals surface area (Å²) in [6.45, 7) is 1.44. The molecule has 1 fully saturated rings. The van der Waals surface area contributed by atoms with E-state index >= 15 is 0 Å². The maximum atomic E-state index is 13.6. The maximum Gasteiger partial charge on any atom is 0.455 e. The standard InChI is InChI=1S/C23H18ClF3IN9O2/c1-11-7-12(28)8-15(20(38)30-13-4-5-13)18(11)31-21(39)17-9-14(10-36-34-22(32-35-36)23(25,26)27)33-37(17)19-16(24)3-2-6-29-19/h2-3,6-9,13H,4-5,10H2,1H3,(H,30,38)(H,31,39). The lowest BCUT2D eigenvalue weighted by Gasteiger charge is -2.15. The van der Waals surface area contributed by atoms with Gasteiger partial charge >= 0.3 is 6.18 Å². The SMILES string of the molecule is Cc1cc(I)cc(C(=O)NC2CC2)c1NC(=O)c1cc(Cn2nnc(C(F)(F)F)n2)nn1-c1ncccc1Cl. The monoisotopic (exact) mass is 671 g/mol. The number of carbonyl (C=O) groups is 2. The molecule has 39 heavy (non-hydrogen) atoms. The van der Waals surface area contributed by atoms with Crippen LogP contribution < -0.4 is 10.6 Å². The predicted octanol–water partition coefficient (Wildman–Crippen LogP) is 4.03. The van der Waals surface area contributed by atoms with Crippen LogP contribution in [0.25, 0.3) is 5.82 Å². The van der Waals surface area contributed by atoms with Gasteiger partial charge in [0.2, 0.25) is 0 Å². The van der Waals surface area contributed by atoms with Crippen LogP contribution in [0.15, 0.2) is 36.5 Å². The summed E-state index contributed by atoms with van der Waals surface area (Å²) in [4.78, 5) is 31.4. The van der Waals surface area contributed by atoms with E-state index in [1.165, 1.54) is 16.9 Å². The molecule has 0 bridgehead atoms. The van der Waals surface area contributed by atoms with Gasteiger partial charge in [-0.15, -0.1) is 10.2 Å². The van der Waals surface area contributed by atoms with Crippen molar-refractivity contribution in [2.24, 2.45) is 0 Å². The van der Waals surface area contributed by atoms with E-state index < -0.39 is 17.9 Å². The second-order valence-corrected chi connectivity index (χ2v) is 10.4. The average Bonchev–Trinajstić information content (AvgIpc) is 3.37. The molecule has 5 rings (SSSR count). The Hall–Kier alpha value is -3.60. The van der Waals surface area contributed by atoms with Crippen molar-refractivity contribution < 1.29 is 22.8 Å². The summed E-state index contributed by atoms with van der Waals surface area (Å²) in [7, 11) is 0. The molecular weight excluding hydrogens is 654 g/mol. The molecule has 0 saturated heterocycles. The van der Waals surface area contributed by atoms with Gasteiger partial charge in [-0.05, 0) is 83.5 Å². The van der Waals surface area contributed by atoms with E-state index in [1.807, 2.05) is 6.07 Å². The summed E-state index contributed by atoms with van der Waals surface area (Å²) in [5.74, 6) is -2.25. The van der Waals surface area contributed by atoms with Crippen molar-refractivity contribution >= 4 is 51.7 Å². The number of amides is 2. The molecule has 0 spiro atoms. The summed E-state index contributed by atoms with van der Waals surface area (Å²) < 4.78 is 40.7. The highest BCUT2D eigenvalue weighted by molar-refractivity contribution is 14.1. The number of halogens is 5. The third kappa shape index (κ3) is 6.03. The molecule has 11 nitrogen and oxygen atoms in total. The molecule has 4 aromatic rings. The number of hydrogen-bond acceptors (Lipinski definition) is 7. The fourth-order valence-corrected chi connectivity index (χ4v) is 4.67. The van der Waals surface area contributed by atoms with Crippen LogP contribution in [0.5, 0.6) is 0 Å². The summed E-state index contributed by atoms with van der Waals surface area (Å²) in [6, 6.07) is 8.09. The normalized spacial score (nSPS) is 13.4. The zero-order valence-corrected chi connectivity index (χ0v) is 22.9. The van der Waals surface area contributed by atoms with E-state index in [1.54, 1.807) is 25.1 Å². The van der Waals surface area contributed by atoms with E-state index in [0.29, 0.717) is 21.6 Å². The first-order valence-electron chi connectivity index (χ1n) is 11.5. The smallest absolute Gasteiger partial charge is 0.349 e. The van der Waals surface area contributed by atoms with Crippen molar-refractivity contribution in [2.45, 2.75) is 38.5 Å². The number of nitrogens with one attached hydrogen (secondary N) is 2. The number of rotatable bonds is 7. The van der Waals surface area contributed by atoms with Crippen LogP contribution in [0, 0.1) is 10.5 Å². The van der Waals surface area contributed by atoms with Crippen molar-refractivity contribution in [3.05, 3.63) is 73.5 Å². The molecule has 3 aromatic heterocycles. The Bertz CT molecular complexity index is 1580. The number of hydrogen-bond donors (Lipinski definition) is 2. The van der Waals surface area contributed by atoms with Crippen LogP contribution in [0.4, 0.5) is 18.9 Å². The minimum Gasteiger partial charge on any atom is -0.349 e. The first-order valence-corrected chi connectivity index (χ1v) is 12.9. The number of benzene rings is 1. The number of anilines is 1. The van der Waals surface area contributed by atoms with Gasteiger partial charge < -0.3 is 10.6 Å². The number of nitrogens with zero attached hydrogens (tertiary/aromatic N) is 7. The molecule has 0 radical (unpaired) electrons. The Kier molecular flexibility index (Phi) is 7.28. The molecule has 16 heteroatoms. The fourth-order valence-electron chi connectivity index (χ4n) is 3.69. The number of pyridine rings is 1. The Balaban J connectivity index is 1.51. The highest BCUT2D eigenvalue weighted by atomic mass is 127. The van der Waals surface area contributed by atoms with Gasteiger partial charge in [-0.25, -0.2) is 9.67 Å². The van der Waals surface area contributed by atoms with E-state index in [-0.39, 0.29) is 40.7 Å². The van der Waals surface area contributed by atoms with Gasteiger partial charge in [-0.2, -0.15) is 23.1 Å². The van der Waals surface area contributed by atoms with E-state index in [9.17, 15) is 22.8 Å². The third-order valence-electron chi connectivity index (χ3n) is 5.64. The third-order valence-corrected chi connectivity index (χ3v) is 6.56. The topological polar surface area (TPSA) is 133 Å². The minimum absolute atomic E-state index is 0.0340. The average molecular weight is 672 g/mol. The second-order valence-electron chi connectivity index (χ2n) is 8.73. The van der Waals surface area contributed by atoms with Crippen molar-refractivity contribution in [3.63, 3.8) is 0 Å². The first kappa shape index (κ1) is 27.0. The van der Waals surface area contributed by atoms with Crippen molar-refractivity contribution in [1.29, 1.82) is 0 Å². The number of carbonyl (C=O) groups excluding carboxylic acids is 2. The zero-order valence-electron chi connectivity index (χ0n) is 20.0. The molecule has 1 aromatic carbocycles. The number of aromatic nitrogens is 7. The molecule has 202 valence electrons. The van der Waals surface area contributed by atoms with Gasteiger partial charge in [0.25, 0.3) is 17.6 Å². The Morgan fingerprint density at radius 3 is 2.62 bits per heavy atom. The lowest BCUT2D eigenvalue weighted by atomic mass is 10.1. The minimum atomic E-state index is -4.76. The van der Waals surface area contributed by atoms with Gasteiger partial charge in [0.15, 0.2) is 5.82 Å². The molecule has 1 aliphatic carbocycles. The summed E-state index contributed by atoms with van der Waals surface area (Å²) in [5.41, 5.74) is 1.37. The first-order chi connectivity index (χ1) is 18.5. The number of aryl methyl sites for hydroxylation is 1. The summed E-state index contributed by atoms with van der Waals surface area (Å²) in [5, 5.41) is 20.0. The summed E-state index contributed by atoms with van der Waals surface area (Å²) >= 11 is 8.40. The quantitative estimate of drug-likeness (QED) is 0.284. The maximum absolute atomic E-state index is 13.6. The van der Waals surface area contributed by atoms with Gasteiger partial charge in [0, 0.05) is 15.8 Å². The fraction of sp³-hybridized carbons (Fsp3) is 0.261. The molecule has 0 unspecified atom stereocenters. The number of tetrazole rings is 1. The summed E-state index contributed by atoms with van der Waals surface area (Å²) in [6.07, 6.45) is -1.52.